The Morgan fingerprint density at radius 2 is 2.30 bits per heavy atom. The van der Waals surface area contributed by atoms with Gasteiger partial charge in [0.2, 0.25) is 0 Å². The topological polar surface area (TPSA) is 28.2 Å². The molecule has 1 fully saturated rings. The van der Waals surface area contributed by atoms with Crippen molar-refractivity contribution in [3.8, 4) is 0 Å². The summed E-state index contributed by atoms with van der Waals surface area (Å²) in [4.78, 5) is 6.72. The van der Waals surface area contributed by atoms with E-state index in [-0.39, 0.29) is 5.54 Å². The van der Waals surface area contributed by atoms with E-state index < -0.39 is 0 Å². The molecule has 0 bridgehead atoms. The first kappa shape index (κ1) is 15.5. The standard InChI is InChI=1S/C17H29N3/c1-14-7-5-9-17(12-14,20(3)4)16(18-2)11-15-8-6-10-19-13-15/h6,8,10,13-14,16,18H,5,7,9,11-12H2,1-4H3. The maximum Gasteiger partial charge on any atom is 0.0362 e. The summed E-state index contributed by atoms with van der Waals surface area (Å²) in [5, 5.41) is 3.59. The molecule has 1 aliphatic carbocycles. The summed E-state index contributed by atoms with van der Waals surface area (Å²) in [6, 6.07) is 4.70. The van der Waals surface area contributed by atoms with Gasteiger partial charge in [0.25, 0.3) is 0 Å². The largest absolute Gasteiger partial charge is 0.315 e. The molecule has 0 saturated heterocycles. The van der Waals surface area contributed by atoms with Crippen molar-refractivity contribution >= 4 is 0 Å². The Morgan fingerprint density at radius 3 is 2.85 bits per heavy atom. The fourth-order valence-corrected chi connectivity index (χ4v) is 3.91. The average molecular weight is 275 g/mol. The van der Waals surface area contributed by atoms with Gasteiger partial charge < -0.3 is 10.2 Å². The van der Waals surface area contributed by atoms with E-state index in [0.717, 1.165) is 12.3 Å². The summed E-state index contributed by atoms with van der Waals surface area (Å²) >= 11 is 0. The fraction of sp³-hybridized carbons (Fsp3) is 0.706. The third-order valence-electron chi connectivity index (χ3n) is 5.06. The molecule has 0 amide bonds. The van der Waals surface area contributed by atoms with Gasteiger partial charge in [-0.05, 0) is 58.0 Å². The number of likely N-dealkylation sites (N-methyl/N-ethyl adjacent to an activating group) is 2. The minimum absolute atomic E-state index is 0.266. The predicted molar refractivity (Wildman–Crippen MR) is 84.8 cm³/mol. The highest BCUT2D eigenvalue weighted by Crippen LogP contribution is 2.39. The number of hydrogen-bond acceptors (Lipinski definition) is 3. The molecule has 0 spiro atoms. The number of aromatic nitrogens is 1. The van der Waals surface area contributed by atoms with E-state index in [1.165, 1.54) is 31.2 Å². The van der Waals surface area contributed by atoms with Crippen molar-refractivity contribution in [1.29, 1.82) is 0 Å². The van der Waals surface area contributed by atoms with Crippen LogP contribution >= 0.6 is 0 Å². The van der Waals surface area contributed by atoms with Crippen LogP contribution in [0.3, 0.4) is 0 Å². The smallest absolute Gasteiger partial charge is 0.0362 e. The third kappa shape index (κ3) is 3.21. The van der Waals surface area contributed by atoms with Crippen LogP contribution in [0.25, 0.3) is 0 Å². The highest BCUT2D eigenvalue weighted by Gasteiger charge is 2.42. The number of nitrogens with one attached hydrogen (secondary N) is 1. The lowest BCUT2D eigenvalue weighted by Gasteiger charge is -2.50. The Balaban J connectivity index is 2.21. The van der Waals surface area contributed by atoms with Crippen molar-refractivity contribution in [2.24, 2.45) is 5.92 Å². The lowest BCUT2D eigenvalue weighted by atomic mass is 9.70. The summed E-state index contributed by atoms with van der Waals surface area (Å²) in [7, 11) is 6.59. The second-order valence-electron chi connectivity index (χ2n) is 6.61. The molecule has 1 aromatic heterocycles. The molecule has 1 aliphatic rings. The second-order valence-corrected chi connectivity index (χ2v) is 6.61. The van der Waals surface area contributed by atoms with E-state index in [4.69, 9.17) is 0 Å². The lowest BCUT2D eigenvalue weighted by molar-refractivity contribution is 0.0399. The van der Waals surface area contributed by atoms with Crippen LogP contribution in [0.5, 0.6) is 0 Å². The van der Waals surface area contributed by atoms with Gasteiger partial charge in [-0.2, -0.15) is 0 Å². The molecule has 1 heterocycles. The van der Waals surface area contributed by atoms with Gasteiger partial charge in [0.1, 0.15) is 0 Å². The first-order chi connectivity index (χ1) is 9.58. The Labute approximate surface area is 123 Å². The van der Waals surface area contributed by atoms with Crippen LogP contribution in [0.1, 0.15) is 38.2 Å². The summed E-state index contributed by atoms with van der Waals surface area (Å²) in [6.07, 6.45) is 10.2. The Kier molecular flexibility index (Phi) is 5.17. The molecule has 3 atom stereocenters. The first-order valence-corrected chi connectivity index (χ1v) is 7.82. The summed E-state index contributed by atoms with van der Waals surface area (Å²) in [5.41, 5.74) is 1.59. The van der Waals surface area contributed by atoms with E-state index in [1.54, 1.807) is 0 Å². The SMILES string of the molecule is CNC(Cc1cccnc1)C1(N(C)C)CCCC(C)C1. The van der Waals surface area contributed by atoms with Gasteiger partial charge in [-0.25, -0.2) is 0 Å². The van der Waals surface area contributed by atoms with Crippen molar-refractivity contribution in [2.45, 2.75) is 50.6 Å². The molecule has 2 rings (SSSR count). The van der Waals surface area contributed by atoms with Gasteiger partial charge in [-0.1, -0.05) is 25.8 Å². The Morgan fingerprint density at radius 1 is 1.50 bits per heavy atom. The van der Waals surface area contributed by atoms with Crippen molar-refractivity contribution in [3.05, 3.63) is 30.1 Å². The van der Waals surface area contributed by atoms with Gasteiger partial charge >= 0.3 is 0 Å². The van der Waals surface area contributed by atoms with E-state index in [0.29, 0.717) is 6.04 Å². The van der Waals surface area contributed by atoms with Crippen LogP contribution < -0.4 is 5.32 Å². The number of nitrogens with zero attached hydrogens (tertiary/aromatic N) is 2. The number of rotatable bonds is 5. The van der Waals surface area contributed by atoms with Crippen LogP contribution in [0.2, 0.25) is 0 Å². The Bertz CT molecular complexity index is 404. The second kappa shape index (κ2) is 6.68. The van der Waals surface area contributed by atoms with E-state index in [2.05, 4.69) is 49.3 Å². The molecule has 1 N–H and O–H groups in total. The van der Waals surface area contributed by atoms with Crippen LogP contribution in [-0.4, -0.2) is 42.6 Å². The Hall–Kier alpha value is -0.930. The summed E-state index contributed by atoms with van der Waals surface area (Å²) in [5.74, 6) is 0.816. The van der Waals surface area contributed by atoms with E-state index in [1.807, 2.05) is 18.5 Å². The number of pyridine rings is 1. The van der Waals surface area contributed by atoms with Crippen LogP contribution in [0, 0.1) is 5.92 Å². The minimum Gasteiger partial charge on any atom is -0.315 e. The third-order valence-corrected chi connectivity index (χ3v) is 5.06. The van der Waals surface area contributed by atoms with Gasteiger partial charge in [0, 0.05) is 24.0 Å². The maximum atomic E-state index is 4.26. The van der Waals surface area contributed by atoms with E-state index >= 15 is 0 Å². The zero-order valence-corrected chi connectivity index (χ0v) is 13.4. The molecule has 3 heteroatoms. The molecular weight excluding hydrogens is 246 g/mol. The monoisotopic (exact) mass is 275 g/mol. The molecule has 0 aromatic carbocycles. The normalized spacial score (nSPS) is 28.6. The van der Waals surface area contributed by atoms with Gasteiger partial charge in [-0.3, -0.25) is 4.98 Å². The first-order valence-electron chi connectivity index (χ1n) is 7.82. The van der Waals surface area contributed by atoms with Crippen molar-refractivity contribution in [2.75, 3.05) is 21.1 Å². The molecule has 1 aromatic rings. The molecule has 3 unspecified atom stereocenters. The van der Waals surface area contributed by atoms with Crippen molar-refractivity contribution in [3.63, 3.8) is 0 Å². The molecule has 0 radical (unpaired) electrons. The summed E-state index contributed by atoms with van der Waals surface area (Å²) < 4.78 is 0. The molecule has 0 aliphatic heterocycles. The van der Waals surface area contributed by atoms with Gasteiger partial charge in [-0.15, -0.1) is 0 Å². The molecule has 3 nitrogen and oxygen atoms in total. The molecule has 20 heavy (non-hydrogen) atoms. The number of hydrogen-bond donors (Lipinski definition) is 1. The van der Waals surface area contributed by atoms with Crippen molar-refractivity contribution in [1.82, 2.24) is 15.2 Å². The maximum absolute atomic E-state index is 4.26. The zero-order chi connectivity index (χ0) is 14.6. The summed E-state index contributed by atoms with van der Waals surface area (Å²) in [6.45, 7) is 2.40. The quantitative estimate of drug-likeness (QED) is 0.895. The molecule has 112 valence electrons. The fourth-order valence-electron chi connectivity index (χ4n) is 3.91. The molecule has 1 saturated carbocycles. The van der Waals surface area contributed by atoms with E-state index in [9.17, 15) is 0 Å². The lowest BCUT2D eigenvalue weighted by Crippen LogP contribution is -2.61. The highest BCUT2D eigenvalue weighted by molar-refractivity contribution is 5.14. The zero-order valence-electron chi connectivity index (χ0n) is 13.4. The average Bonchev–Trinajstić information content (AvgIpc) is 2.45. The van der Waals surface area contributed by atoms with Crippen LogP contribution in [0.15, 0.2) is 24.5 Å². The predicted octanol–water partition coefficient (Wildman–Crippen LogP) is 2.72. The van der Waals surface area contributed by atoms with Crippen LogP contribution in [-0.2, 0) is 6.42 Å². The van der Waals surface area contributed by atoms with Crippen molar-refractivity contribution < 1.29 is 0 Å². The molecular formula is C17H29N3. The van der Waals surface area contributed by atoms with Crippen LogP contribution in [0.4, 0.5) is 0 Å². The van der Waals surface area contributed by atoms with Gasteiger partial charge in [0.15, 0.2) is 0 Å². The minimum atomic E-state index is 0.266. The highest BCUT2D eigenvalue weighted by atomic mass is 15.2. The van der Waals surface area contributed by atoms with Gasteiger partial charge in [0.05, 0.1) is 0 Å².